The van der Waals surface area contributed by atoms with Crippen molar-refractivity contribution in [3.63, 3.8) is 0 Å². The van der Waals surface area contributed by atoms with E-state index in [1.165, 1.54) is 6.92 Å². The summed E-state index contributed by atoms with van der Waals surface area (Å²) in [7, 11) is 1.55. The van der Waals surface area contributed by atoms with Crippen LogP contribution >= 0.6 is 0 Å². The van der Waals surface area contributed by atoms with Crippen molar-refractivity contribution in [3.8, 4) is 5.88 Å². The number of carbonyl (C=O) groups is 1. The van der Waals surface area contributed by atoms with Crippen LogP contribution in [0.25, 0.3) is 0 Å². The van der Waals surface area contributed by atoms with Crippen LogP contribution in [0.2, 0.25) is 0 Å². The second-order valence-electron chi connectivity index (χ2n) is 3.80. The molecule has 1 N–H and O–H groups in total. The molecule has 1 aromatic rings. The summed E-state index contributed by atoms with van der Waals surface area (Å²) in [6.07, 6.45) is 1.64. The lowest BCUT2D eigenvalue weighted by Gasteiger charge is -2.04. The minimum atomic E-state index is -0.961. The fourth-order valence-electron chi connectivity index (χ4n) is 1.27. The summed E-state index contributed by atoms with van der Waals surface area (Å²) in [6, 6.07) is 3.56. The SMILES string of the molecule is COc1ccc(C(C)=N/C(C)=C(\C)C(=O)O)cn1. The Kier molecular flexibility index (Phi) is 4.59. The number of rotatable bonds is 4. The van der Waals surface area contributed by atoms with Gasteiger partial charge < -0.3 is 9.84 Å². The second kappa shape index (κ2) is 5.95. The summed E-state index contributed by atoms with van der Waals surface area (Å²) in [5.41, 5.74) is 2.25. The predicted molar refractivity (Wildman–Crippen MR) is 69.0 cm³/mol. The number of hydrogen-bond acceptors (Lipinski definition) is 4. The molecule has 5 heteroatoms. The van der Waals surface area contributed by atoms with Gasteiger partial charge in [0.15, 0.2) is 0 Å². The molecular weight excluding hydrogens is 232 g/mol. The number of pyridine rings is 1. The van der Waals surface area contributed by atoms with Crippen molar-refractivity contribution < 1.29 is 14.6 Å². The maximum absolute atomic E-state index is 10.8. The molecule has 0 fully saturated rings. The van der Waals surface area contributed by atoms with Gasteiger partial charge in [-0.2, -0.15) is 0 Å². The van der Waals surface area contributed by atoms with Crippen LogP contribution in [0.3, 0.4) is 0 Å². The van der Waals surface area contributed by atoms with Crippen LogP contribution in [0, 0.1) is 0 Å². The van der Waals surface area contributed by atoms with Crippen LogP contribution < -0.4 is 4.74 Å². The third kappa shape index (κ3) is 3.41. The molecule has 0 aliphatic rings. The van der Waals surface area contributed by atoms with Gasteiger partial charge in [0.05, 0.1) is 12.7 Å². The van der Waals surface area contributed by atoms with Gasteiger partial charge in [-0.15, -0.1) is 0 Å². The standard InChI is InChI=1S/C13H16N2O3/c1-8(13(16)17)9(2)15-10(3)11-5-6-12(18-4)14-7-11/h5-7H,1-4H3,(H,16,17)/b9-8+,15-10?. The lowest BCUT2D eigenvalue weighted by atomic mass is 10.2. The van der Waals surface area contributed by atoms with Gasteiger partial charge >= 0.3 is 5.97 Å². The van der Waals surface area contributed by atoms with Crippen molar-refractivity contribution in [2.24, 2.45) is 4.99 Å². The lowest BCUT2D eigenvalue weighted by molar-refractivity contribution is -0.132. The minimum Gasteiger partial charge on any atom is -0.481 e. The number of carboxylic acid groups (broad SMARTS) is 1. The molecular formula is C13H16N2O3. The average molecular weight is 248 g/mol. The summed E-state index contributed by atoms with van der Waals surface area (Å²) in [4.78, 5) is 19.1. The Morgan fingerprint density at radius 1 is 1.33 bits per heavy atom. The van der Waals surface area contributed by atoms with Gasteiger partial charge in [0.1, 0.15) is 0 Å². The fourth-order valence-corrected chi connectivity index (χ4v) is 1.27. The van der Waals surface area contributed by atoms with Gasteiger partial charge in [-0.3, -0.25) is 4.99 Å². The molecule has 18 heavy (non-hydrogen) atoms. The van der Waals surface area contributed by atoms with Gasteiger partial charge in [-0.05, 0) is 26.8 Å². The number of nitrogens with zero attached hydrogens (tertiary/aromatic N) is 2. The molecule has 0 aliphatic carbocycles. The van der Waals surface area contributed by atoms with Crippen molar-refractivity contribution >= 4 is 11.7 Å². The van der Waals surface area contributed by atoms with Crippen molar-refractivity contribution in [2.45, 2.75) is 20.8 Å². The number of carboxylic acids is 1. The normalized spacial score (nSPS) is 13.0. The van der Waals surface area contributed by atoms with Crippen LogP contribution in [0.1, 0.15) is 26.3 Å². The zero-order valence-electron chi connectivity index (χ0n) is 10.9. The van der Waals surface area contributed by atoms with E-state index in [9.17, 15) is 4.79 Å². The van der Waals surface area contributed by atoms with Crippen molar-refractivity contribution in [2.75, 3.05) is 7.11 Å². The molecule has 0 aliphatic heterocycles. The molecule has 0 saturated heterocycles. The zero-order chi connectivity index (χ0) is 13.7. The van der Waals surface area contributed by atoms with E-state index in [2.05, 4.69) is 9.98 Å². The van der Waals surface area contributed by atoms with E-state index < -0.39 is 5.97 Å². The van der Waals surface area contributed by atoms with E-state index >= 15 is 0 Å². The first kappa shape index (κ1) is 13.9. The minimum absolute atomic E-state index is 0.232. The number of aliphatic imine (C=N–C) groups is 1. The third-order valence-electron chi connectivity index (χ3n) is 2.56. The number of methoxy groups -OCH3 is 1. The van der Waals surface area contributed by atoms with E-state index in [0.29, 0.717) is 17.3 Å². The van der Waals surface area contributed by atoms with Gasteiger partial charge in [0.2, 0.25) is 5.88 Å². The molecule has 1 aromatic heterocycles. The molecule has 0 radical (unpaired) electrons. The highest BCUT2D eigenvalue weighted by atomic mass is 16.5. The van der Waals surface area contributed by atoms with Crippen LogP contribution in [-0.2, 0) is 4.79 Å². The first-order chi connectivity index (χ1) is 8.45. The number of allylic oxidation sites excluding steroid dienone is 1. The van der Waals surface area contributed by atoms with E-state index in [0.717, 1.165) is 5.56 Å². The largest absolute Gasteiger partial charge is 0.481 e. The molecule has 96 valence electrons. The number of aromatic nitrogens is 1. The Bertz CT molecular complexity index is 501. The van der Waals surface area contributed by atoms with E-state index in [1.54, 1.807) is 26.3 Å². The highest BCUT2D eigenvalue weighted by molar-refractivity contribution is 5.99. The molecule has 0 aromatic carbocycles. The topological polar surface area (TPSA) is 71.8 Å². The number of aliphatic carboxylic acids is 1. The van der Waals surface area contributed by atoms with Crippen LogP contribution in [0.4, 0.5) is 0 Å². The predicted octanol–water partition coefficient (Wildman–Crippen LogP) is 2.28. The average Bonchev–Trinajstić information content (AvgIpc) is 2.37. The Labute approximate surface area is 106 Å². The summed E-state index contributed by atoms with van der Waals surface area (Å²) in [6.45, 7) is 5.01. The maximum Gasteiger partial charge on any atom is 0.333 e. The third-order valence-corrected chi connectivity index (χ3v) is 2.56. The number of hydrogen-bond donors (Lipinski definition) is 1. The molecule has 0 amide bonds. The zero-order valence-corrected chi connectivity index (χ0v) is 10.9. The molecule has 0 spiro atoms. The van der Waals surface area contributed by atoms with Crippen LogP contribution in [0.5, 0.6) is 5.88 Å². The highest BCUT2D eigenvalue weighted by Crippen LogP contribution is 2.11. The Morgan fingerprint density at radius 2 is 2.00 bits per heavy atom. The first-order valence-corrected chi connectivity index (χ1v) is 5.42. The summed E-state index contributed by atoms with van der Waals surface area (Å²) in [5, 5.41) is 8.85. The monoisotopic (exact) mass is 248 g/mol. The highest BCUT2D eigenvalue weighted by Gasteiger charge is 2.05. The van der Waals surface area contributed by atoms with Gasteiger partial charge in [-0.25, -0.2) is 9.78 Å². The van der Waals surface area contributed by atoms with Gasteiger partial charge in [0.25, 0.3) is 0 Å². The van der Waals surface area contributed by atoms with E-state index in [1.807, 2.05) is 13.0 Å². The maximum atomic E-state index is 10.8. The van der Waals surface area contributed by atoms with Gasteiger partial charge in [-0.1, -0.05) is 0 Å². The molecule has 1 heterocycles. The summed E-state index contributed by atoms with van der Waals surface area (Å²) >= 11 is 0. The molecule has 1 rings (SSSR count). The summed E-state index contributed by atoms with van der Waals surface area (Å²) in [5.74, 6) is -0.433. The van der Waals surface area contributed by atoms with Gasteiger partial charge in [0, 0.05) is 29.2 Å². The quantitative estimate of drug-likeness (QED) is 0.655. The van der Waals surface area contributed by atoms with Crippen molar-refractivity contribution in [3.05, 3.63) is 35.2 Å². The van der Waals surface area contributed by atoms with Crippen molar-refractivity contribution in [1.29, 1.82) is 0 Å². The molecule has 0 unspecified atom stereocenters. The lowest BCUT2D eigenvalue weighted by Crippen LogP contribution is -2.01. The molecule has 0 saturated carbocycles. The van der Waals surface area contributed by atoms with Crippen molar-refractivity contribution in [1.82, 2.24) is 4.98 Å². The molecule has 0 bridgehead atoms. The Hall–Kier alpha value is -2.17. The smallest absolute Gasteiger partial charge is 0.333 e. The Balaban J connectivity index is 3.02. The van der Waals surface area contributed by atoms with E-state index in [4.69, 9.17) is 9.84 Å². The summed E-state index contributed by atoms with van der Waals surface area (Å²) < 4.78 is 4.96. The Morgan fingerprint density at radius 3 is 2.44 bits per heavy atom. The van der Waals surface area contributed by atoms with Crippen LogP contribution in [-0.4, -0.2) is 28.9 Å². The number of ether oxygens (including phenoxy) is 1. The second-order valence-corrected chi connectivity index (χ2v) is 3.80. The van der Waals surface area contributed by atoms with Crippen LogP contribution in [0.15, 0.2) is 34.6 Å². The van der Waals surface area contributed by atoms with E-state index in [-0.39, 0.29) is 5.57 Å². The molecule has 0 atom stereocenters. The fraction of sp³-hybridized carbons (Fsp3) is 0.308. The first-order valence-electron chi connectivity index (χ1n) is 5.42. The molecule has 5 nitrogen and oxygen atoms in total.